The number of amides is 1. The van der Waals surface area contributed by atoms with Gasteiger partial charge in [-0.15, -0.1) is 0 Å². The van der Waals surface area contributed by atoms with Gasteiger partial charge >= 0.3 is 0 Å². The molecule has 0 aromatic heterocycles. The molecule has 8 heteroatoms. The minimum absolute atomic E-state index is 0.154. The predicted molar refractivity (Wildman–Crippen MR) is 121 cm³/mol. The zero-order chi connectivity index (χ0) is 22.6. The number of aryl methyl sites for hydroxylation is 1. The lowest BCUT2D eigenvalue weighted by atomic mass is 10.1. The summed E-state index contributed by atoms with van der Waals surface area (Å²) in [5.74, 6) is 0.483. The Morgan fingerprint density at radius 2 is 1.74 bits per heavy atom. The number of likely N-dealkylation sites (N-methyl/N-ethyl adjacent to an activating group) is 1. The van der Waals surface area contributed by atoms with Crippen molar-refractivity contribution >= 4 is 15.9 Å². The molecule has 1 aliphatic rings. The molecule has 31 heavy (non-hydrogen) atoms. The number of sulfonamides is 1. The maximum atomic E-state index is 13.1. The minimum atomic E-state index is -3.64. The van der Waals surface area contributed by atoms with Crippen molar-refractivity contribution in [2.75, 3.05) is 39.8 Å². The predicted octanol–water partition coefficient (Wildman–Crippen LogP) is 2.82. The Labute approximate surface area is 185 Å². The van der Waals surface area contributed by atoms with Crippen LogP contribution in [0.4, 0.5) is 0 Å². The van der Waals surface area contributed by atoms with Gasteiger partial charge in [-0.25, -0.2) is 8.42 Å². The van der Waals surface area contributed by atoms with E-state index in [0.717, 1.165) is 16.9 Å². The number of nitrogens with one attached hydrogen (secondary N) is 1. The van der Waals surface area contributed by atoms with E-state index in [1.807, 2.05) is 52.1 Å². The fraction of sp³-hybridized carbons (Fsp3) is 0.435. The molecule has 7 nitrogen and oxygen atoms in total. The summed E-state index contributed by atoms with van der Waals surface area (Å²) in [5.41, 5.74) is 2.04. The summed E-state index contributed by atoms with van der Waals surface area (Å²) in [7, 11) is -1.66. The Morgan fingerprint density at radius 3 is 2.35 bits per heavy atom. The Bertz CT molecular complexity index is 1010. The highest BCUT2D eigenvalue weighted by atomic mass is 32.2. The molecule has 1 amide bonds. The maximum absolute atomic E-state index is 13.1. The first-order chi connectivity index (χ1) is 14.7. The zero-order valence-electron chi connectivity index (χ0n) is 18.6. The van der Waals surface area contributed by atoms with Gasteiger partial charge in [0.15, 0.2) is 0 Å². The van der Waals surface area contributed by atoms with Crippen LogP contribution in [-0.2, 0) is 10.0 Å². The zero-order valence-corrected chi connectivity index (χ0v) is 19.4. The summed E-state index contributed by atoms with van der Waals surface area (Å²) in [6.07, 6.45) is 0. The quantitative estimate of drug-likeness (QED) is 0.709. The number of carbonyl (C=O) groups excluding carboxylic acids is 1. The second-order valence-electron chi connectivity index (χ2n) is 7.88. The average molecular weight is 446 g/mol. The van der Waals surface area contributed by atoms with Gasteiger partial charge in [0.25, 0.3) is 5.91 Å². The molecule has 0 bridgehead atoms. The second kappa shape index (κ2) is 9.80. The molecular weight excluding hydrogens is 414 g/mol. The molecule has 1 fully saturated rings. The monoisotopic (exact) mass is 445 g/mol. The van der Waals surface area contributed by atoms with Gasteiger partial charge in [0.2, 0.25) is 10.0 Å². The molecule has 0 spiro atoms. The molecule has 3 rings (SSSR count). The van der Waals surface area contributed by atoms with E-state index >= 15 is 0 Å². The molecule has 168 valence electrons. The maximum Gasteiger partial charge on any atom is 0.252 e. The second-order valence-corrected chi connectivity index (χ2v) is 9.82. The first-order valence-electron chi connectivity index (χ1n) is 10.6. The van der Waals surface area contributed by atoms with Crippen LogP contribution < -0.4 is 10.1 Å². The molecule has 1 atom stereocenters. The highest BCUT2D eigenvalue weighted by Gasteiger charge is 2.28. The third-order valence-electron chi connectivity index (χ3n) is 5.59. The summed E-state index contributed by atoms with van der Waals surface area (Å²) in [6.45, 7) is 8.51. The fourth-order valence-corrected chi connectivity index (χ4v) is 5.01. The van der Waals surface area contributed by atoms with E-state index in [1.54, 1.807) is 12.1 Å². The first kappa shape index (κ1) is 23.2. The smallest absolute Gasteiger partial charge is 0.252 e. The topological polar surface area (TPSA) is 78.9 Å². The fourth-order valence-electron chi connectivity index (χ4n) is 3.56. The van der Waals surface area contributed by atoms with Crippen molar-refractivity contribution in [2.45, 2.75) is 31.7 Å². The van der Waals surface area contributed by atoms with E-state index in [-0.39, 0.29) is 16.8 Å². The van der Waals surface area contributed by atoms with Gasteiger partial charge < -0.3 is 15.0 Å². The van der Waals surface area contributed by atoms with Crippen LogP contribution >= 0.6 is 0 Å². The van der Waals surface area contributed by atoms with Crippen LogP contribution in [0.2, 0.25) is 0 Å². The molecule has 0 aliphatic carbocycles. The third kappa shape index (κ3) is 5.44. The molecular formula is C23H31N3O4S. The SMILES string of the molecule is CCOc1ccc(C(C)NC(=O)c2cc(S(=O)(=O)N3CCN(C)CC3)ccc2C)cc1. The Balaban J connectivity index is 1.76. The van der Waals surface area contributed by atoms with Crippen molar-refractivity contribution in [1.29, 1.82) is 0 Å². The van der Waals surface area contributed by atoms with Crippen molar-refractivity contribution < 1.29 is 17.9 Å². The normalized spacial score (nSPS) is 16.6. The van der Waals surface area contributed by atoms with E-state index in [1.165, 1.54) is 10.4 Å². The van der Waals surface area contributed by atoms with Crippen LogP contribution in [0.25, 0.3) is 0 Å². The highest BCUT2D eigenvalue weighted by molar-refractivity contribution is 7.89. The van der Waals surface area contributed by atoms with Gasteiger partial charge in [-0.2, -0.15) is 4.31 Å². The number of piperazine rings is 1. The third-order valence-corrected chi connectivity index (χ3v) is 7.49. The van der Waals surface area contributed by atoms with Crippen LogP contribution in [0.5, 0.6) is 5.75 Å². The standard InChI is InChI=1S/C23H31N3O4S/c1-5-30-20-9-7-19(8-10-20)18(3)24-23(27)22-16-21(11-6-17(22)2)31(28,29)26-14-12-25(4)13-15-26/h6-11,16,18H,5,12-15H2,1-4H3,(H,24,27). The van der Waals surface area contributed by atoms with Gasteiger partial charge in [-0.05, 0) is 63.2 Å². The van der Waals surface area contributed by atoms with E-state index in [0.29, 0.717) is 38.3 Å². The van der Waals surface area contributed by atoms with E-state index in [9.17, 15) is 13.2 Å². The van der Waals surface area contributed by atoms with Crippen LogP contribution in [0.15, 0.2) is 47.4 Å². The van der Waals surface area contributed by atoms with Crippen molar-refractivity contribution in [3.05, 3.63) is 59.2 Å². The molecule has 1 N–H and O–H groups in total. The lowest BCUT2D eigenvalue weighted by Crippen LogP contribution is -2.47. The van der Waals surface area contributed by atoms with Crippen LogP contribution in [0.1, 0.15) is 41.4 Å². The van der Waals surface area contributed by atoms with Gasteiger partial charge in [0.1, 0.15) is 5.75 Å². The van der Waals surface area contributed by atoms with Crippen molar-refractivity contribution in [3.8, 4) is 5.75 Å². The number of hydrogen-bond acceptors (Lipinski definition) is 5. The molecule has 1 aliphatic heterocycles. The number of hydrogen-bond donors (Lipinski definition) is 1. The summed E-state index contributed by atoms with van der Waals surface area (Å²) < 4.78 is 33.1. The molecule has 1 saturated heterocycles. The molecule has 1 heterocycles. The van der Waals surface area contributed by atoms with Gasteiger partial charge in [-0.3, -0.25) is 4.79 Å². The molecule has 2 aromatic carbocycles. The summed E-state index contributed by atoms with van der Waals surface area (Å²) in [5, 5.41) is 2.97. The van der Waals surface area contributed by atoms with Gasteiger partial charge in [0, 0.05) is 31.7 Å². The Morgan fingerprint density at radius 1 is 1.10 bits per heavy atom. The lowest BCUT2D eigenvalue weighted by Gasteiger charge is -2.31. The van der Waals surface area contributed by atoms with E-state index < -0.39 is 10.0 Å². The lowest BCUT2D eigenvalue weighted by molar-refractivity contribution is 0.0939. The Hall–Kier alpha value is -2.42. The van der Waals surface area contributed by atoms with E-state index in [4.69, 9.17) is 4.74 Å². The van der Waals surface area contributed by atoms with Gasteiger partial charge in [0.05, 0.1) is 17.5 Å². The molecule has 1 unspecified atom stereocenters. The summed E-state index contributed by atoms with van der Waals surface area (Å²) in [6, 6.07) is 12.1. The molecule has 0 radical (unpaired) electrons. The van der Waals surface area contributed by atoms with Crippen LogP contribution in [-0.4, -0.2) is 63.4 Å². The number of nitrogens with zero attached hydrogens (tertiary/aromatic N) is 2. The molecule has 2 aromatic rings. The summed E-state index contributed by atoms with van der Waals surface area (Å²) >= 11 is 0. The van der Waals surface area contributed by atoms with Crippen LogP contribution in [0, 0.1) is 6.92 Å². The number of carbonyl (C=O) groups is 1. The van der Waals surface area contributed by atoms with Gasteiger partial charge in [-0.1, -0.05) is 18.2 Å². The minimum Gasteiger partial charge on any atom is -0.494 e. The van der Waals surface area contributed by atoms with E-state index in [2.05, 4.69) is 10.2 Å². The number of rotatable bonds is 7. The first-order valence-corrected chi connectivity index (χ1v) is 12.0. The average Bonchev–Trinajstić information content (AvgIpc) is 2.75. The molecule has 0 saturated carbocycles. The van der Waals surface area contributed by atoms with Crippen molar-refractivity contribution in [1.82, 2.24) is 14.5 Å². The Kier molecular flexibility index (Phi) is 7.35. The summed E-state index contributed by atoms with van der Waals surface area (Å²) in [4.78, 5) is 15.2. The van der Waals surface area contributed by atoms with Crippen molar-refractivity contribution in [3.63, 3.8) is 0 Å². The highest BCUT2D eigenvalue weighted by Crippen LogP contribution is 2.22. The largest absolute Gasteiger partial charge is 0.494 e. The number of ether oxygens (including phenoxy) is 1. The van der Waals surface area contributed by atoms with Crippen molar-refractivity contribution in [2.24, 2.45) is 0 Å². The van der Waals surface area contributed by atoms with Crippen LogP contribution in [0.3, 0.4) is 0 Å². The number of benzene rings is 2.